The summed E-state index contributed by atoms with van der Waals surface area (Å²) < 4.78 is 4.99. The van der Waals surface area contributed by atoms with E-state index in [0.717, 1.165) is 0 Å². The van der Waals surface area contributed by atoms with Crippen molar-refractivity contribution in [2.24, 2.45) is 0 Å². The number of hydrogen-bond acceptors (Lipinski definition) is 6. The summed E-state index contributed by atoms with van der Waals surface area (Å²) in [7, 11) is 0. The Morgan fingerprint density at radius 3 is 2.50 bits per heavy atom. The average Bonchev–Trinajstić information content (AvgIpc) is 2.64. The molecule has 7 heteroatoms. The van der Waals surface area contributed by atoms with E-state index in [9.17, 15) is 10.2 Å². The third kappa shape index (κ3) is 1.42. The first kappa shape index (κ1) is 8.30. The number of phenolic OH excluding ortho intramolecular Hbond substituents is 2. The number of nitrogens with zero attached hydrogens (tertiary/aromatic N) is 3. The minimum atomic E-state index is -0.193. The SMILES string of the molecule is Oc1cccc(O)c1Oc1nnn[nH]1. The van der Waals surface area contributed by atoms with Gasteiger partial charge in [-0.05, 0) is 22.6 Å². The topological polar surface area (TPSA) is 104 Å². The predicted molar refractivity (Wildman–Crippen MR) is 44.0 cm³/mol. The number of ether oxygens (including phenoxy) is 1. The number of benzene rings is 1. The van der Waals surface area contributed by atoms with Gasteiger partial charge in [0.05, 0.1) is 0 Å². The third-order valence-electron chi connectivity index (χ3n) is 1.50. The van der Waals surface area contributed by atoms with Crippen LogP contribution in [0.4, 0.5) is 0 Å². The molecule has 0 amide bonds. The van der Waals surface area contributed by atoms with Crippen molar-refractivity contribution in [3.63, 3.8) is 0 Å². The van der Waals surface area contributed by atoms with Gasteiger partial charge in [0.2, 0.25) is 5.75 Å². The molecular formula is C7H6N4O3. The molecule has 0 bridgehead atoms. The number of aromatic amines is 1. The van der Waals surface area contributed by atoms with Crippen LogP contribution in [0.5, 0.6) is 23.3 Å². The second-order valence-corrected chi connectivity index (χ2v) is 2.43. The summed E-state index contributed by atoms with van der Waals surface area (Å²) in [6.45, 7) is 0. The molecule has 1 heterocycles. The van der Waals surface area contributed by atoms with Crippen molar-refractivity contribution in [1.82, 2.24) is 20.6 Å². The Bertz CT molecular complexity index is 408. The van der Waals surface area contributed by atoms with Crippen LogP contribution in [0.15, 0.2) is 18.2 Å². The molecule has 0 saturated carbocycles. The van der Waals surface area contributed by atoms with Gasteiger partial charge >= 0.3 is 6.01 Å². The Morgan fingerprint density at radius 2 is 1.93 bits per heavy atom. The molecule has 3 N–H and O–H groups in total. The van der Waals surface area contributed by atoms with Gasteiger partial charge in [0.1, 0.15) is 0 Å². The van der Waals surface area contributed by atoms with Crippen molar-refractivity contribution >= 4 is 0 Å². The van der Waals surface area contributed by atoms with Gasteiger partial charge in [-0.15, -0.1) is 0 Å². The molecule has 1 aromatic heterocycles. The highest BCUT2D eigenvalue weighted by Crippen LogP contribution is 2.36. The zero-order chi connectivity index (χ0) is 9.97. The summed E-state index contributed by atoms with van der Waals surface area (Å²) in [5, 5.41) is 30.9. The molecule has 0 radical (unpaired) electrons. The van der Waals surface area contributed by atoms with E-state index >= 15 is 0 Å². The first-order chi connectivity index (χ1) is 6.77. The van der Waals surface area contributed by atoms with E-state index in [-0.39, 0.29) is 23.3 Å². The second kappa shape index (κ2) is 3.21. The number of hydrogen-bond donors (Lipinski definition) is 3. The average molecular weight is 194 g/mol. The van der Waals surface area contributed by atoms with Crippen LogP contribution in [0.2, 0.25) is 0 Å². The van der Waals surface area contributed by atoms with Crippen molar-refractivity contribution < 1.29 is 14.9 Å². The van der Waals surface area contributed by atoms with E-state index in [1.54, 1.807) is 0 Å². The lowest BCUT2D eigenvalue weighted by atomic mass is 10.3. The number of aromatic nitrogens is 4. The summed E-state index contributed by atoms with van der Waals surface area (Å²) in [6.07, 6.45) is 0. The van der Waals surface area contributed by atoms with E-state index in [0.29, 0.717) is 0 Å². The largest absolute Gasteiger partial charge is 0.504 e. The van der Waals surface area contributed by atoms with Gasteiger partial charge < -0.3 is 14.9 Å². The van der Waals surface area contributed by atoms with Crippen LogP contribution >= 0.6 is 0 Å². The second-order valence-electron chi connectivity index (χ2n) is 2.43. The van der Waals surface area contributed by atoms with Crippen LogP contribution in [-0.4, -0.2) is 30.8 Å². The summed E-state index contributed by atoms with van der Waals surface area (Å²) in [5.41, 5.74) is 0. The van der Waals surface area contributed by atoms with Crippen LogP contribution in [0.1, 0.15) is 0 Å². The Morgan fingerprint density at radius 1 is 1.21 bits per heavy atom. The molecule has 0 aliphatic heterocycles. The predicted octanol–water partition coefficient (Wildman–Crippen LogP) is 0.403. The molecule has 0 aliphatic rings. The Balaban J connectivity index is 2.33. The Labute approximate surface area is 78.0 Å². The van der Waals surface area contributed by atoms with Crippen molar-refractivity contribution in [3.8, 4) is 23.3 Å². The molecule has 0 spiro atoms. The molecule has 2 rings (SSSR count). The molecule has 72 valence electrons. The van der Waals surface area contributed by atoms with E-state index in [4.69, 9.17) is 4.74 Å². The fraction of sp³-hybridized carbons (Fsp3) is 0. The standard InChI is InChI=1S/C7H6N4O3/c12-4-2-1-3-5(13)6(4)14-7-8-10-11-9-7/h1-3,12-13H,(H,8,9,10,11). The first-order valence-corrected chi connectivity index (χ1v) is 3.70. The number of H-pyrrole nitrogens is 1. The monoisotopic (exact) mass is 194 g/mol. The van der Waals surface area contributed by atoms with E-state index in [1.165, 1.54) is 18.2 Å². The zero-order valence-electron chi connectivity index (χ0n) is 6.88. The van der Waals surface area contributed by atoms with Gasteiger partial charge in [0.15, 0.2) is 11.5 Å². The number of nitrogens with one attached hydrogen (secondary N) is 1. The number of rotatable bonds is 2. The van der Waals surface area contributed by atoms with Gasteiger partial charge in [-0.25, -0.2) is 5.10 Å². The summed E-state index contributed by atoms with van der Waals surface area (Å²) in [6, 6.07) is 4.22. The normalized spacial score (nSPS) is 10.0. The molecule has 2 aromatic rings. The van der Waals surface area contributed by atoms with Crippen LogP contribution in [0, 0.1) is 0 Å². The number of phenols is 2. The minimum absolute atomic E-state index is 0.0122. The molecule has 0 saturated heterocycles. The lowest BCUT2D eigenvalue weighted by Gasteiger charge is -2.04. The van der Waals surface area contributed by atoms with Crippen LogP contribution < -0.4 is 4.74 Å². The number of para-hydroxylation sites is 1. The van der Waals surface area contributed by atoms with Gasteiger partial charge in [-0.2, -0.15) is 0 Å². The molecule has 14 heavy (non-hydrogen) atoms. The van der Waals surface area contributed by atoms with Crippen molar-refractivity contribution in [2.45, 2.75) is 0 Å². The Hall–Kier alpha value is -2.31. The Kier molecular flexibility index (Phi) is 1.90. The summed E-state index contributed by atoms with van der Waals surface area (Å²) >= 11 is 0. The highest BCUT2D eigenvalue weighted by atomic mass is 16.5. The smallest absolute Gasteiger partial charge is 0.338 e. The summed E-state index contributed by atoms with van der Waals surface area (Å²) in [4.78, 5) is 0. The maximum Gasteiger partial charge on any atom is 0.338 e. The number of tetrazole rings is 1. The van der Waals surface area contributed by atoms with Gasteiger partial charge in [-0.1, -0.05) is 11.2 Å². The molecular weight excluding hydrogens is 188 g/mol. The molecule has 0 unspecified atom stereocenters. The maximum absolute atomic E-state index is 9.32. The van der Waals surface area contributed by atoms with Crippen molar-refractivity contribution in [3.05, 3.63) is 18.2 Å². The zero-order valence-corrected chi connectivity index (χ0v) is 6.88. The first-order valence-electron chi connectivity index (χ1n) is 3.70. The van der Waals surface area contributed by atoms with E-state index in [2.05, 4.69) is 20.6 Å². The highest BCUT2D eigenvalue weighted by molar-refractivity contribution is 5.50. The lowest BCUT2D eigenvalue weighted by Crippen LogP contribution is -1.87. The fourth-order valence-electron chi connectivity index (χ4n) is 0.908. The quantitative estimate of drug-likeness (QED) is 0.639. The van der Waals surface area contributed by atoms with Gasteiger partial charge in [0.25, 0.3) is 0 Å². The van der Waals surface area contributed by atoms with Gasteiger partial charge in [-0.3, -0.25) is 0 Å². The van der Waals surface area contributed by atoms with Crippen LogP contribution in [-0.2, 0) is 0 Å². The molecule has 0 aliphatic carbocycles. The van der Waals surface area contributed by atoms with Crippen molar-refractivity contribution in [1.29, 1.82) is 0 Å². The van der Waals surface area contributed by atoms with Crippen molar-refractivity contribution in [2.75, 3.05) is 0 Å². The molecule has 7 nitrogen and oxygen atoms in total. The maximum atomic E-state index is 9.32. The van der Waals surface area contributed by atoms with Crippen LogP contribution in [0.25, 0.3) is 0 Å². The number of aromatic hydroxyl groups is 2. The minimum Gasteiger partial charge on any atom is -0.504 e. The molecule has 0 atom stereocenters. The highest BCUT2D eigenvalue weighted by Gasteiger charge is 2.10. The molecule has 1 aromatic carbocycles. The van der Waals surface area contributed by atoms with Crippen LogP contribution in [0.3, 0.4) is 0 Å². The summed E-state index contributed by atoms with van der Waals surface area (Å²) in [5.74, 6) is -0.478. The van der Waals surface area contributed by atoms with Gasteiger partial charge in [0, 0.05) is 0 Å². The lowest BCUT2D eigenvalue weighted by molar-refractivity contribution is 0.361. The third-order valence-corrected chi connectivity index (χ3v) is 1.50. The van der Waals surface area contributed by atoms with E-state index < -0.39 is 0 Å². The molecule has 0 fully saturated rings. The van der Waals surface area contributed by atoms with E-state index in [1.807, 2.05) is 0 Å². The fourth-order valence-corrected chi connectivity index (χ4v) is 0.908.